The van der Waals surface area contributed by atoms with E-state index in [0.717, 1.165) is 11.8 Å². The summed E-state index contributed by atoms with van der Waals surface area (Å²) < 4.78 is 50.8. The van der Waals surface area contributed by atoms with E-state index in [9.17, 15) is 21.6 Å². The van der Waals surface area contributed by atoms with Crippen LogP contribution in [0.15, 0.2) is 82.6 Å². The lowest BCUT2D eigenvalue weighted by atomic mass is 10.1. The Bertz CT molecular complexity index is 1330. The number of sulfonamides is 1. The van der Waals surface area contributed by atoms with E-state index in [2.05, 4.69) is 10.0 Å². The number of nitrogens with one attached hydrogen (secondary N) is 2. The van der Waals surface area contributed by atoms with Crippen molar-refractivity contribution in [2.45, 2.75) is 29.7 Å². The molecule has 0 radical (unpaired) electrons. The second kappa shape index (κ2) is 9.13. The van der Waals surface area contributed by atoms with Gasteiger partial charge in [-0.25, -0.2) is 16.8 Å². The van der Waals surface area contributed by atoms with Gasteiger partial charge in [0.05, 0.1) is 21.5 Å². The SMILES string of the molecule is Cc1cc(C(=O)N[C@@H](C)c2ccc(S(C)(=O)=O)cc2)ccc1NS(=O)(=O)c1ccccc1. The van der Waals surface area contributed by atoms with Gasteiger partial charge in [0.2, 0.25) is 0 Å². The van der Waals surface area contributed by atoms with Crippen molar-refractivity contribution in [1.82, 2.24) is 5.32 Å². The number of rotatable bonds is 7. The Balaban J connectivity index is 1.72. The zero-order valence-electron chi connectivity index (χ0n) is 17.9. The molecule has 0 saturated carbocycles. The minimum absolute atomic E-state index is 0.150. The monoisotopic (exact) mass is 472 g/mol. The van der Waals surface area contributed by atoms with Crippen LogP contribution in [0.2, 0.25) is 0 Å². The first-order valence-electron chi connectivity index (χ1n) is 9.77. The molecule has 32 heavy (non-hydrogen) atoms. The van der Waals surface area contributed by atoms with E-state index in [1.807, 2.05) is 0 Å². The average molecular weight is 473 g/mol. The third-order valence-electron chi connectivity index (χ3n) is 4.94. The fourth-order valence-electron chi connectivity index (χ4n) is 3.09. The molecule has 0 bridgehead atoms. The lowest BCUT2D eigenvalue weighted by Gasteiger charge is -2.16. The van der Waals surface area contributed by atoms with Gasteiger partial charge < -0.3 is 5.32 Å². The van der Waals surface area contributed by atoms with Gasteiger partial charge in [-0.05, 0) is 67.4 Å². The fraction of sp³-hybridized carbons (Fsp3) is 0.174. The Kier molecular flexibility index (Phi) is 6.71. The number of hydrogen-bond donors (Lipinski definition) is 2. The molecule has 1 atom stereocenters. The molecule has 0 saturated heterocycles. The lowest BCUT2D eigenvalue weighted by molar-refractivity contribution is 0.0939. The van der Waals surface area contributed by atoms with Crippen LogP contribution in [0, 0.1) is 6.92 Å². The van der Waals surface area contributed by atoms with Gasteiger partial charge in [0.1, 0.15) is 0 Å². The third-order valence-corrected chi connectivity index (χ3v) is 7.45. The molecule has 0 spiro atoms. The second-order valence-corrected chi connectivity index (χ2v) is 11.2. The van der Waals surface area contributed by atoms with E-state index in [-0.39, 0.29) is 21.7 Å². The summed E-state index contributed by atoms with van der Waals surface area (Å²) in [5.74, 6) is -0.328. The van der Waals surface area contributed by atoms with Crippen LogP contribution in [-0.2, 0) is 19.9 Å². The topological polar surface area (TPSA) is 109 Å². The van der Waals surface area contributed by atoms with E-state index < -0.39 is 19.9 Å². The molecule has 0 heterocycles. The third kappa shape index (κ3) is 5.54. The second-order valence-electron chi connectivity index (χ2n) is 7.48. The molecule has 0 aliphatic heterocycles. The Morgan fingerprint density at radius 3 is 2.03 bits per heavy atom. The Morgan fingerprint density at radius 1 is 0.844 bits per heavy atom. The summed E-state index contributed by atoms with van der Waals surface area (Å²) in [5, 5.41) is 2.86. The molecule has 0 fully saturated rings. The van der Waals surface area contributed by atoms with E-state index >= 15 is 0 Å². The molecule has 0 aromatic heterocycles. The number of amides is 1. The standard InChI is InChI=1S/C23H24N2O5S2/c1-16-15-19(11-14-22(16)25-32(29,30)21-7-5-4-6-8-21)23(26)24-17(2)18-9-12-20(13-10-18)31(3,27)28/h4-15,17,25H,1-3H3,(H,24,26)/t17-/m0/s1. The van der Waals surface area contributed by atoms with Gasteiger partial charge in [0, 0.05) is 11.8 Å². The average Bonchev–Trinajstić information content (AvgIpc) is 2.75. The first-order valence-corrected chi connectivity index (χ1v) is 13.1. The van der Waals surface area contributed by atoms with Gasteiger partial charge in [0.15, 0.2) is 9.84 Å². The Morgan fingerprint density at radius 2 is 1.47 bits per heavy atom. The van der Waals surface area contributed by atoms with Gasteiger partial charge in [0.25, 0.3) is 15.9 Å². The molecule has 168 valence electrons. The molecule has 0 unspecified atom stereocenters. The quantitative estimate of drug-likeness (QED) is 0.545. The smallest absolute Gasteiger partial charge is 0.261 e. The zero-order chi connectivity index (χ0) is 23.5. The summed E-state index contributed by atoms with van der Waals surface area (Å²) in [4.78, 5) is 13.0. The highest BCUT2D eigenvalue weighted by molar-refractivity contribution is 7.92. The maximum atomic E-state index is 12.7. The van der Waals surface area contributed by atoms with Crippen molar-refractivity contribution < 1.29 is 21.6 Å². The molecule has 9 heteroatoms. The maximum Gasteiger partial charge on any atom is 0.261 e. The van der Waals surface area contributed by atoms with Crippen LogP contribution in [-0.4, -0.2) is 29.0 Å². The molecule has 0 aliphatic rings. The van der Waals surface area contributed by atoms with Gasteiger partial charge >= 0.3 is 0 Å². The van der Waals surface area contributed by atoms with Crippen LogP contribution in [0.25, 0.3) is 0 Å². The summed E-state index contributed by atoms with van der Waals surface area (Å²) in [6.07, 6.45) is 1.14. The van der Waals surface area contributed by atoms with Crippen molar-refractivity contribution in [2.24, 2.45) is 0 Å². The number of hydrogen-bond acceptors (Lipinski definition) is 5. The minimum Gasteiger partial charge on any atom is -0.346 e. The molecule has 7 nitrogen and oxygen atoms in total. The van der Waals surface area contributed by atoms with Crippen LogP contribution in [0.3, 0.4) is 0 Å². The predicted octanol–water partition coefficient (Wildman–Crippen LogP) is 3.69. The van der Waals surface area contributed by atoms with Crippen LogP contribution < -0.4 is 10.0 Å². The summed E-state index contributed by atoms with van der Waals surface area (Å²) in [6.45, 7) is 3.51. The van der Waals surface area contributed by atoms with Crippen molar-refractivity contribution in [1.29, 1.82) is 0 Å². The fourth-order valence-corrected chi connectivity index (χ4v) is 4.87. The van der Waals surface area contributed by atoms with E-state index in [4.69, 9.17) is 0 Å². The van der Waals surface area contributed by atoms with Crippen molar-refractivity contribution in [3.05, 3.63) is 89.5 Å². The van der Waals surface area contributed by atoms with Crippen molar-refractivity contribution in [3.63, 3.8) is 0 Å². The molecule has 3 aromatic carbocycles. The first-order chi connectivity index (χ1) is 15.0. The van der Waals surface area contributed by atoms with Crippen LogP contribution in [0.5, 0.6) is 0 Å². The predicted molar refractivity (Wildman–Crippen MR) is 124 cm³/mol. The molecule has 1 amide bonds. The normalized spacial score (nSPS) is 12.7. The summed E-state index contributed by atoms with van der Waals surface area (Å²) in [5.41, 5.74) is 2.12. The Hall–Kier alpha value is -3.17. The molecule has 3 rings (SSSR count). The highest BCUT2D eigenvalue weighted by Crippen LogP contribution is 2.22. The number of sulfone groups is 1. The number of carbonyl (C=O) groups excluding carboxylic acids is 1. The zero-order valence-corrected chi connectivity index (χ0v) is 19.5. The van der Waals surface area contributed by atoms with Crippen molar-refractivity contribution >= 4 is 31.5 Å². The molecule has 0 aliphatic carbocycles. The summed E-state index contributed by atoms with van der Waals surface area (Å²) >= 11 is 0. The van der Waals surface area contributed by atoms with Gasteiger partial charge in [-0.3, -0.25) is 9.52 Å². The molecule has 3 aromatic rings. The van der Waals surface area contributed by atoms with Crippen LogP contribution >= 0.6 is 0 Å². The number of carbonyl (C=O) groups is 1. The first kappa shape index (κ1) is 23.5. The number of benzene rings is 3. The molecular formula is C23H24N2O5S2. The maximum absolute atomic E-state index is 12.7. The highest BCUT2D eigenvalue weighted by Gasteiger charge is 2.17. The highest BCUT2D eigenvalue weighted by atomic mass is 32.2. The van der Waals surface area contributed by atoms with E-state index in [1.165, 1.54) is 24.3 Å². The number of aryl methyl sites for hydroxylation is 1. The largest absolute Gasteiger partial charge is 0.346 e. The van der Waals surface area contributed by atoms with Crippen molar-refractivity contribution in [3.8, 4) is 0 Å². The van der Waals surface area contributed by atoms with Crippen LogP contribution in [0.1, 0.15) is 34.5 Å². The Labute approximate surface area is 188 Å². The van der Waals surface area contributed by atoms with Crippen LogP contribution in [0.4, 0.5) is 5.69 Å². The lowest BCUT2D eigenvalue weighted by Crippen LogP contribution is -2.26. The summed E-state index contributed by atoms with van der Waals surface area (Å²) in [6, 6.07) is 18.7. The van der Waals surface area contributed by atoms with E-state index in [0.29, 0.717) is 16.8 Å². The van der Waals surface area contributed by atoms with E-state index in [1.54, 1.807) is 62.4 Å². The van der Waals surface area contributed by atoms with Crippen molar-refractivity contribution in [2.75, 3.05) is 11.0 Å². The summed E-state index contributed by atoms with van der Waals surface area (Å²) in [7, 11) is -7.02. The minimum atomic E-state index is -3.73. The van der Waals surface area contributed by atoms with Gasteiger partial charge in [-0.1, -0.05) is 30.3 Å². The van der Waals surface area contributed by atoms with Gasteiger partial charge in [-0.2, -0.15) is 0 Å². The van der Waals surface area contributed by atoms with Gasteiger partial charge in [-0.15, -0.1) is 0 Å². The number of anilines is 1. The molecule has 2 N–H and O–H groups in total. The molecular weight excluding hydrogens is 448 g/mol.